The highest BCUT2D eigenvalue weighted by molar-refractivity contribution is 5.91. The molecule has 18 heavy (non-hydrogen) atoms. The van der Waals surface area contributed by atoms with Crippen LogP contribution in [-0.2, 0) is 0 Å². The molecule has 0 bridgehead atoms. The molecule has 1 saturated carbocycles. The molecule has 2 atom stereocenters. The number of hydrogen-bond donors (Lipinski definition) is 3. The predicted octanol–water partition coefficient (Wildman–Crippen LogP) is 1.29. The fourth-order valence-corrected chi connectivity index (χ4v) is 2.33. The maximum absolute atomic E-state index is 11.0. The van der Waals surface area contributed by atoms with Crippen LogP contribution in [0.4, 0.5) is 5.69 Å². The summed E-state index contributed by atoms with van der Waals surface area (Å²) in [6, 6.07) is 3.44. The minimum atomic E-state index is -0.542. The van der Waals surface area contributed by atoms with Gasteiger partial charge in [-0.15, -0.1) is 0 Å². The van der Waals surface area contributed by atoms with E-state index in [0.717, 1.165) is 37.8 Å². The molecule has 0 radical (unpaired) electrons. The molecule has 1 fully saturated rings. The third-order valence-electron chi connectivity index (χ3n) is 3.34. The number of aromatic nitrogens is 1. The SMILES string of the molecule is NC(=O)c1cc(NC2CCCCCC2O)ccn1. The fourth-order valence-electron chi connectivity index (χ4n) is 2.33. The Morgan fingerprint density at radius 1 is 1.39 bits per heavy atom. The van der Waals surface area contributed by atoms with E-state index < -0.39 is 5.91 Å². The third kappa shape index (κ3) is 3.20. The van der Waals surface area contributed by atoms with Gasteiger partial charge in [0.25, 0.3) is 5.91 Å². The molecule has 4 N–H and O–H groups in total. The number of hydrogen-bond acceptors (Lipinski definition) is 4. The Balaban J connectivity index is 2.07. The Morgan fingerprint density at radius 2 is 2.17 bits per heavy atom. The number of nitrogens with one attached hydrogen (secondary N) is 1. The standard InChI is InChI=1S/C13H19N3O2/c14-13(18)11-8-9(6-7-15-11)16-10-4-2-1-3-5-12(10)17/h6-8,10,12,17H,1-5H2,(H2,14,18)(H,15,16). The Morgan fingerprint density at radius 3 is 2.94 bits per heavy atom. The van der Waals surface area contributed by atoms with Gasteiger partial charge in [0.15, 0.2) is 0 Å². The normalized spacial score (nSPS) is 24.3. The van der Waals surface area contributed by atoms with Crippen LogP contribution in [0.5, 0.6) is 0 Å². The van der Waals surface area contributed by atoms with Gasteiger partial charge in [0.1, 0.15) is 5.69 Å². The first kappa shape index (κ1) is 12.8. The third-order valence-corrected chi connectivity index (χ3v) is 3.34. The number of rotatable bonds is 3. The molecular weight excluding hydrogens is 230 g/mol. The van der Waals surface area contributed by atoms with Gasteiger partial charge in [-0.1, -0.05) is 19.3 Å². The van der Waals surface area contributed by atoms with Crippen molar-refractivity contribution in [2.75, 3.05) is 5.32 Å². The van der Waals surface area contributed by atoms with Gasteiger partial charge in [-0.05, 0) is 25.0 Å². The molecule has 0 aromatic carbocycles. The zero-order chi connectivity index (χ0) is 13.0. The van der Waals surface area contributed by atoms with Crippen molar-refractivity contribution in [2.45, 2.75) is 44.2 Å². The number of aliphatic hydroxyl groups excluding tert-OH is 1. The predicted molar refractivity (Wildman–Crippen MR) is 69.3 cm³/mol. The van der Waals surface area contributed by atoms with Crippen LogP contribution in [0, 0.1) is 0 Å². The quantitative estimate of drug-likeness (QED) is 0.704. The Bertz CT molecular complexity index is 422. The molecule has 1 aromatic heterocycles. The van der Waals surface area contributed by atoms with Gasteiger partial charge in [-0.3, -0.25) is 9.78 Å². The van der Waals surface area contributed by atoms with Crippen molar-refractivity contribution in [1.82, 2.24) is 4.98 Å². The molecule has 1 heterocycles. The number of nitrogens with zero attached hydrogens (tertiary/aromatic N) is 1. The van der Waals surface area contributed by atoms with Gasteiger partial charge >= 0.3 is 0 Å². The molecule has 0 aliphatic heterocycles. The zero-order valence-electron chi connectivity index (χ0n) is 10.3. The highest BCUT2D eigenvalue weighted by atomic mass is 16.3. The lowest BCUT2D eigenvalue weighted by atomic mass is 10.1. The molecular formula is C13H19N3O2. The van der Waals surface area contributed by atoms with Crippen molar-refractivity contribution >= 4 is 11.6 Å². The molecule has 1 aliphatic rings. The van der Waals surface area contributed by atoms with Crippen molar-refractivity contribution in [3.63, 3.8) is 0 Å². The number of primary amides is 1. The summed E-state index contributed by atoms with van der Waals surface area (Å²) < 4.78 is 0. The number of aliphatic hydroxyl groups is 1. The first-order valence-electron chi connectivity index (χ1n) is 6.37. The van der Waals surface area contributed by atoms with E-state index in [0.29, 0.717) is 0 Å². The first-order valence-corrected chi connectivity index (χ1v) is 6.37. The lowest BCUT2D eigenvalue weighted by Crippen LogP contribution is -2.32. The van der Waals surface area contributed by atoms with Crippen LogP contribution in [0.2, 0.25) is 0 Å². The number of amides is 1. The second kappa shape index (κ2) is 5.82. The maximum atomic E-state index is 11.0. The largest absolute Gasteiger partial charge is 0.391 e. The summed E-state index contributed by atoms with van der Waals surface area (Å²) >= 11 is 0. The van der Waals surface area contributed by atoms with Crippen LogP contribution in [0.3, 0.4) is 0 Å². The van der Waals surface area contributed by atoms with Crippen LogP contribution >= 0.6 is 0 Å². The van der Waals surface area contributed by atoms with Crippen molar-refractivity contribution < 1.29 is 9.90 Å². The molecule has 2 unspecified atom stereocenters. The molecule has 2 rings (SSSR count). The van der Waals surface area contributed by atoms with Gasteiger partial charge in [0.05, 0.1) is 12.1 Å². The summed E-state index contributed by atoms with van der Waals surface area (Å²) in [5.41, 5.74) is 6.21. The minimum absolute atomic E-state index is 0.0376. The van der Waals surface area contributed by atoms with Crippen molar-refractivity contribution in [1.29, 1.82) is 0 Å². The summed E-state index contributed by atoms with van der Waals surface area (Å²) in [5.74, 6) is -0.542. The Kier molecular flexibility index (Phi) is 4.15. The molecule has 5 nitrogen and oxygen atoms in total. The van der Waals surface area contributed by atoms with E-state index >= 15 is 0 Å². The highest BCUT2D eigenvalue weighted by Gasteiger charge is 2.21. The second-order valence-corrected chi connectivity index (χ2v) is 4.75. The topological polar surface area (TPSA) is 88.2 Å². The summed E-state index contributed by atoms with van der Waals surface area (Å²) in [4.78, 5) is 14.9. The van der Waals surface area contributed by atoms with Crippen LogP contribution in [-0.4, -0.2) is 28.1 Å². The summed E-state index contributed by atoms with van der Waals surface area (Å²) in [7, 11) is 0. The van der Waals surface area contributed by atoms with Crippen molar-refractivity contribution in [3.05, 3.63) is 24.0 Å². The average Bonchev–Trinajstić information content (AvgIpc) is 2.55. The lowest BCUT2D eigenvalue weighted by molar-refractivity contribution is 0.0995. The highest BCUT2D eigenvalue weighted by Crippen LogP contribution is 2.21. The molecule has 5 heteroatoms. The fraction of sp³-hybridized carbons (Fsp3) is 0.538. The monoisotopic (exact) mass is 249 g/mol. The van der Waals surface area contributed by atoms with Gasteiger partial charge in [0.2, 0.25) is 0 Å². The van der Waals surface area contributed by atoms with Gasteiger partial charge in [-0.2, -0.15) is 0 Å². The van der Waals surface area contributed by atoms with E-state index in [9.17, 15) is 9.90 Å². The van der Waals surface area contributed by atoms with Crippen LogP contribution < -0.4 is 11.1 Å². The number of nitrogens with two attached hydrogens (primary N) is 1. The zero-order valence-corrected chi connectivity index (χ0v) is 10.3. The average molecular weight is 249 g/mol. The molecule has 1 amide bonds. The van der Waals surface area contributed by atoms with Crippen LogP contribution in [0.15, 0.2) is 18.3 Å². The number of carbonyl (C=O) groups excluding carboxylic acids is 1. The van der Waals surface area contributed by atoms with E-state index in [1.807, 2.05) is 0 Å². The van der Waals surface area contributed by atoms with E-state index in [1.54, 1.807) is 18.3 Å². The van der Waals surface area contributed by atoms with Crippen LogP contribution in [0.1, 0.15) is 42.6 Å². The molecule has 98 valence electrons. The molecule has 0 saturated heterocycles. The lowest BCUT2D eigenvalue weighted by Gasteiger charge is -2.23. The van der Waals surface area contributed by atoms with E-state index in [1.165, 1.54) is 0 Å². The Hall–Kier alpha value is -1.62. The smallest absolute Gasteiger partial charge is 0.267 e. The number of anilines is 1. The van der Waals surface area contributed by atoms with Crippen molar-refractivity contribution in [3.8, 4) is 0 Å². The first-order chi connectivity index (χ1) is 8.66. The summed E-state index contributed by atoms with van der Waals surface area (Å²) in [6.07, 6.45) is 6.33. The molecule has 1 aliphatic carbocycles. The van der Waals surface area contributed by atoms with Crippen molar-refractivity contribution in [2.24, 2.45) is 5.73 Å². The number of carbonyl (C=O) groups is 1. The Labute approximate surface area is 106 Å². The minimum Gasteiger partial charge on any atom is -0.391 e. The van der Waals surface area contributed by atoms with Gasteiger partial charge in [0, 0.05) is 11.9 Å². The molecule has 0 spiro atoms. The number of pyridine rings is 1. The maximum Gasteiger partial charge on any atom is 0.267 e. The van der Waals surface area contributed by atoms with Gasteiger partial charge in [-0.25, -0.2) is 0 Å². The van der Waals surface area contributed by atoms with E-state index in [4.69, 9.17) is 5.73 Å². The second-order valence-electron chi connectivity index (χ2n) is 4.75. The van der Waals surface area contributed by atoms with E-state index in [2.05, 4.69) is 10.3 Å². The van der Waals surface area contributed by atoms with Crippen LogP contribution in [0.25, 0.3) is 0 Å². The van der Waals surface area contributed by atoms with E-state index in [-0.39, 0.29) is 17.8 Å². The summed E-state index contributed by atoms with van der Waals surface area (Å²) in [5, 5.41) is 13.3. The molecule has 1 aromatic rings. The summed E-state index contributed by atoms with van der Waals surface area (Å²) in [6.45, 7) is 0. The van der Waals surface area contributed by atoms with Gasteiger partial charge < -0.3 is 16.2 Å².